The number of rotatable bonds is 3. The van der Waals surface area contributed by atoms with Gasteiger partial charge in [0.25, 0.3) is 0 Å². The van der Waals surface area contributed by atoms with Crippen LogP contribution in [0, 0.1) is 5.82 Å². The van der Waals surface area contributed by atoms with E-state index < -0.39 is 10.8 Å². The van der Waals surface area contributed by atoms with E-state index in [1.54, 1.807) is 0 Å². The van der Waals surface area contributed by atoms with E-state index in [-0.39, 0.29) is 10.8 Å². The lowest BCUT2D eigenvalue weighted by molar-refractivity contribution is 0.291. The minimum atomic E-state index is -0.692. The van der Waals surface area contributed by atoms with Crippen molar-refractivity contribution in [3.8, 4) is 0 Å². The van der Waals surface area contributed by atoms with Crippen LogP contribution in [0.3, 0.4) is 0 Å². The summed E-state index contributed by atoms with van der Waals surface area (Å²) in [5.41, 5.74) is 6.92. The molecule has 1 heterocycles. The molecular weight excluding hydrogens is 271 g/mol. The predicted octanol–water partition coefficient (Wildman–Crippen LogP) is 1.02. The highest BCUT2D eigenvalue weighted by Gasteiger charge is 2.15. The fourth-order valence-corrected chi connectivity index (χ4v) is 3.22. The van der Waals surface area contributed by atoms with Crippen LogP contribution in [-0.2, 0) is 17.3 Å². The molecule has 0 aromatic heterocycles. The summed E-state index contributed by atoms with van der Waals surface area (Å²) in [6, 6.07) is 4.65. The van der Waals surface area contributed by atoms with Gasteiger partial charge in [0.1, 0.15) is 10.8 Å². The van der Waals surface area contributed by atoms with E-state index in [2.05, 4.69) is 4.90 Å². The molecule has 1 fully saturated rings. The Kier molecular flexibility index (Phi) is 4.42. The molecule has 0 radical (unpaired) electrons. The van der Waals surface area contributed by atoms with Gasteiger partial charge in [0, 0.05) is 47.5 Å². The van der Waals surface area contributed by atoms with Crippen LogP contribution in [-0.4, -0.2) is 38.7 Å². The molecule has 0 spiro atoms. The maximum absolute atomic E-state index is 13.4. The summed E-state index contributed by atoms with van der Waals surface area (Å²) in [7, 11) is -0.692. The smallest absolute Gasteiger partial charge is 0.124 e. The monoisotopic (exact) mass is 286 g/mol. The van der Waals surface area contributed by atoms with Gasteiger partial charge in [0.2, 0.25) is 0 Å². The summed E-state index contributed by atoms with van der Waals surface area (Å²) < 4.78 is 24.7. The summed E-state index contributed by atoms with van der Waals surface area (Å²) in [4.78, 5) is 2.37. The molecule has 98 valence electrons. The Labute approximate surface area is 114 Å². The molecule has 0 amide bonds. The normalized spacial score (nSPS) is 17.8. The molecule has 0 unspecified atom stereocenters. The molecule has 3 nitrogen and oxygen atoms in total. The summed E-state index contributed by atoms with van der Waals surface area (Å²) in [6.07, 6.45) is 0. The van der Waals surface area contributed by atoms with Crippen LogP contribution in [0.1, 0.15) is 11.1 Å². The first-order chi connectivity index (χ1) is 8.54. The van der Waals surface area contributed by atoms with Gasteiger partial charge in [0.05, 0.1) is 0 Å². The average Bonchev–Trinajstić information content (AvgIpc) is 2.31. The number of thiocarbonyl (C=S) groups is 1. The van der Waals surface area contributed by atoms with Crippen LogP contribution in [0.2, 0.25) is 0 Å². The zero-order valence-corrected chi connectivity index (χ0v) is 11.5. The number of nitrogens with two attached hydrogens (primary N) is 1. The standard InChI is InChI=1S/C12H15FN2OS2/c13-11-6-9(5-10(7-11)12(14)17)8-15-1-3-18(16)4-2-15/h5-7H,1-4,8H2,(H2,14,17). The lowest BCUT2D eigenvalue weighted by atomic mass is 10.1. The highest BCUT2D eigenvalue weighted by molar-refractivity contribution is 7.85. The number of nitrogens with zero attached hydrogens (tertiary/aromatic N) is 1. The van der Waals surface area contributed by atoms with Gasteiger partial charge < -0.3 is 5.73 Å². The Morgan fingerprint density at radius 1 is 1.39 bits per heavy atom. The molecule has 0 atom stereocenters. The van der Waals surface area contributed by atoms with E-state index in [1.807, 2.05) is 6.07 Å². The van der Waals surface area contributed by atoms with Crippen LogP contribution in [0.25, 0.3) is 0 Å². The molecule has 6 heteroatoms. The molecule has 2 N–H and O–H groups in total. The lowest BCUT2D eigenvalue weighted by Gasteiger charge is -2.26. The first-order valence-corrected chi connectivity index (χ1v) is 7.61. The molecule has 1 aromatic carbocycles. The summed E-state index contributed by atoms with van der Waals surface area (Å²) >= 11 is 4.86. The minimum Gasteiger partial charge on any atom is -0.389 e. The number of hydrogen-bond acceptors (Lipinski definition) is 3. The van der Waals surface area contributed by atoms with E-state index in [4.69, 9.17) is 18.0 Å². The third kappa shape index (κ3) is 3.57. The molecular formula is C12H15FN2OS2. The number of benzene rings is 1. The van der Waals surface area contributed by atoms with Crippen molar-refractivity contribution in [1.29, 1.82) is 0 Å². The first kappa shape index (κ1) is 13.6. The highest BCUT2D eigenvalue weighted by Crippen LogP contribution is 2.13. The molecule has 1 saturated heterocycles. The van der Waals surface area contributed by atoms with Gasteiger partial charge in [-0.2, -0.15) is 0 Å². The Morgan fingerprint density at radius 3 is 2.67 bits per heavy atom. The fourth-order valence-electron chi connectivity index (χ4n) is 1.98. The van der Waals surface area contributed by atoms with E-state index in [0.29, 0.717) is 23.6 Å². The Bertz CT molecular complexity index is 483. The van der Waals surface area contributed by atoms with Gasteiger partial charge in [0.15, 0.2) is 0 Å². The van der Waals surface area contributed by atoms with Crippen LogP contribution in [0.15, 0.2) is 18.2 Å². The zero-order chi connectivity index (χ0) is 13.1. The van der Waals surface area contributed by atoms with Crippen molar-refractivity contribution in [2.45, 2.75) is 6.54 Å². The predicted molar refractivity (Wildman–Crippen MR) is 75.4 cm³/mol. The second-order valence-corrected chi connectivity index (χ2v) is 6.47. The average molecular weight is 286 g/mol. The van der Waals surface area contributed by atoms with Crippen molar-refractivity contribution in [3.63, 3.8) is 0 Å². The molecule has 18 heavy (non-hydrogen) atoms. The quantitative estimate of drug-likeness (QED) is 0.843. The van der Waals surface area contributed by atoms with Crippen molar-refractivity contribution >= 4 is 28.0 Å². The van der Waals surface area contributed by atoms with Crippen molar-refractivity contribution in [3.05, 3.63) is 35.1 Å². The fraction of sp³-hybridized carbons (Fsp3) is 0.417. The Morgan fingerprint density at radius 2 is 2.06 bits per heavy atom. The maximum Gasteiger partial charge on any atom is 0.124 e. The minimum absolute atomic E-state index is 0.204. The molecule has 2 rings (SSSR count). The second-order valence-electron chi connectivity index (χ2n) is 4.34. The van der Waals surface area contributed by atoms with Crippen LogP contribution >= 0.6 is 12.2 Å². The van der Waals surface area contributed by atoms with Gasteiger partial charge in [-0.05, 0) is 23.8 Å². The molecule has 1 aliphatic rings. The van der Waals surface area contributed by atoms with Gasteiger partial charge in [-0.1, -0.05) is 12.2 Å². The lowest BCUT2D eigenvalue weighted by Crippen LogP contribution is -2.37. The van der Waals surface area contributed by atoms with Gasteiger partial charge in [-0.15, -0.1) is 0 Å². The summed E-state index contributed by atoms with van der Waals surface area (Å²) in [5, 5.41) is 0. The van der Waals surface area contributed by atoms with Crippen molar-refractivity contribution < 1.29 is 8.60 Å². The van der Waals surface area contributed by atoms with Gasteiger partial charge in [-0.3, -0.25) is 9.11 Å². The zero-order valence-electron chi connectivity index (χ0n) is 9.89. The summed E-state index contributed by atoms with van der Waals surface area (Å²) in [5.74, 6) is 1.06. The van der Waals surface area contributed by atoms with E-state index >= 15 is 0 Å². The van der Waals surface area contributed by atoms with Crippen LogP contribution in [0.4, 0.5) is 4.39 Å². The van der Waals surface area contributed by atoms with Crippen molar-refractivity contribution in [2.24, 2.45) is 5.73 Å². The second kappa shape index (κ2) is 5.86. The van der Waals surface area contributed by atoms with Crippen molar-refractivity contribution in [1.82, 2.24) is 4.90 Å². The van der Waals surface area contributed by atoms with Gasteiger partial charge >= 0.3 is 0 Å². The third-order valence-corrected chi connectivity index (χ3v) is 4.43. The summed E-state index contributed by atoms with van der Waals surface area (Å²) in [6.45, 7) is 2.21. The topological polar surface area (TPSA) is 46.3 Å². The van der Waals surface area contributed by atoms with Crippen LogP contribution in [0.5, 0.6) is 0 Å². The SMILES string of the molecule is NC(=S)c1cc(F)cc(CN2CCS(=O)CC2)c1. The van der Waals surface area contributed by atoms with Gasteiger partial charge in [-0.25, -0.2) is 4.39 Å². The van der Waals surface area contributed by atoms with E-state index in [0.717, 1.165) is 18.7 Å². The largest absolute Gasteiger partial charge is 0.389 e. The molecule has 0 aliphatic carbocycles. The maximum atomic E-state index is 13.4. The molecule has 1 aliphatic heterocycles. The molecule has 1 aromatic rings. The van der Waals surface area contributed by atoms with E-state index in [1.165, 1.54) is 12.1 Å². The third-order valence-electron chi connectivity index (χ3n) is 2.92. The highest BCUT2D eigenvalue weighted by atomic mass is 32.2. The number of halogens is 1. The van der Waals surface area contributed by atoms with Crippen LogP contribution < -0.4 is 5.73 Å². The molecule has 0 saturated carbocycles. The first-order valence-electron chi connectivity index (χ1n) is 5.71. The Balaban J connectivity index is 2.09. The van der Waals surface area contributed by atoms with Crippen molar-refractivity contribution in [2.75, 3.05) is 24.6 Å². The van der Waals surface area contributed by atoms with E-state index in [9.17, 15) is 8.60 Å². The number of hydrogen-bond donors (Lipinski definition) is 1. The molecule has 0 bridgehead atoms. The Hall–Kier alpha value is -0.850.